The molecule has 1 aromatic carbocycles. The van der Waals surface area contributed by atoms with E-state index in [-0.39, 0.29) is 16.5 Å². The molecule has 2 rings (SSSR count). The van der Waals surface area contributed by atoms with E-state index in [9.17, 15) is 4.79 Å². The lowest BCUT2D eigenvalue weighted by molar-refractivity contribution is -0.393. The number of halogens is 1. The molecular weight excluding hydrogens is 331 g/mol. The van der Waals surface area contributed by atoms with Crippen molar-refractivity contribution in [3.8, 4) is 0 Å². The van der Waals surface area contributed by atoms with Gasteiger partial charge in [-0.1, -0.05) is 52.9 Å². The summed E-state index contributed by atoms with van der Waals surface area (Å²) in [6.45, 7) is 0.234. The van der Waals surface area contributed by atoms with E-state index in [1.54, 1.807) is 12.4 Å². The fourth-order valence-corrected chi connectivity index (χ4v) is 1.98. The van der Waals surface area contributed by atoms with Gasteiger partial charge in [0.1, 0.15) is 16.3 Å². The van der Waals surface area contributed by atoms with E-state index in [0.29, 0.717) is 0 Å². The van der Waals surface area contributed by atoms with Crippen molar-refractivity contribution in [2.75, 3.05) is 0 Å². The Morgan fingerprint density at radius 1 is 1.41 bits per heavy atom. The predicted octanol–water partition coefficient (Wildman–Crippen LogP) is 2.05. The number of hydrogen-bond acceptors (Lipinski definition) is 2. The first-order chi connectivity index (χ1) is 8.27. The molecule has 0 fully saturated rings. The number of H-pyrrole nitrogens is 2. The summed E-state index contributed by atoms with van der Waals surface area (Å²) in [4.78, 5) is 17.7. The molecule has 0 aliphatic carbocycles. The minimum atomic E-state index is -0.274. The monoisotopic (exact) mass is 343 g/mol. The van der Waals surface area contributed by atoms with E-state index in [1.165, 1.54) is 0 Å². The Hall–Kier alpha value is -1.37. The van der Waals surface area contributed by atoms with Crippen LogP contribution in [0.2, 0.25) is 0 Å². The smallest absolute Gasteiger partial charge is 0.324 e. The number of carbonyl (C=O) groups is 1. The molecule has 1 aromatic heterocycles. The molecule has 1 atom stereocenters. The third-order valence-electron chi connectivity index (χ3n) is 2.26. The van der Waals surface area contributed by atoms with Crippen LogP contribution in [-0.2, 0) is 16.1 Å². The van der Waals surface area contributed by atoms with E-state index in [2.05, 4.69) is 32.6 Å². The Morgan fingerprint density at radius 2 is 2.18 bits per heavy atom. The molecule has 1 heterocycles. The number of alkyl halides is 1. The summed E-state index contributed by atoms with van der Waals surface area (Å²) in [5, 5.41) is 0. The van der Waals surface area contributed by atoms with Gasteiger partial charge in [-0.05, 0) is 5.56 Å². The number of imidazole rings is 1. The minimum absolute atomic E-state index is 0.234. The average Bonchev–Trinajstić information content (AvgIpc) is 2.89. The zero-order valence-electron chi connectivity index (χ0n) is 9.02. The molecule has 4 nitrogen and oxygen atoms in total. The Balaban J connectivity index is 1.92. The van der Waals surface area contributed by atoms with Crippen LogP contribution in [0.3, 0.4) is 0 Å². The molecule has 1 unspecified atom stereocenters. The number of hydrogen-bond donors (Lipinski definition) is 1. The van der Waals surface area contributed by atoms with Gasteiger partial charge in [-0.2, -0.15) is 0 Å². The molecule has 5 heteroatoms. The molecule has 17 heavy (non-hydrogen) atoms. The maximum absolute atomic E-state index is 11.8. The zero-order valence-corrected chi connectivity index (χ0v) is 11.2. The van der Waals surface area contributed by atoms with Crippen LogP contribution in [0.5, 0.6) is 0 Å². The fraction of sp³-hybridized carbons (Fsp3) is 0.167. The topological polar surface area (TPSA) is 56.2 Å². The van der Waals surface area contributed by atoms with Crippen LogP contribution in [-0.4, -0.2) is 11.0 Å². The second-order valence-corrected chi connectivity index (χ2v) is 4.73. The molecule has 88 valence electrons. The molecule has 0 aliphatic heterocycles. The van der Waals surface area contributed by atoms with Gasteiger partial charge in [0.15, 0.2) is 6.61 Å². The normalized spacial score (nSPS) is 12.1. The van der Waals surface area contributed by atoms with Gasteiger partial charge >= 0.3 is 5.97 Å². The van der Waals surface area contributed by atoms with Crippen LogP contribution in [0.25, 0.3) is 0 Å². The van der Waals surface area contributed by atoms with E-state index in [1.807, 2.05) is 30.3 Å². The summed E-state index contributed by atoms with van der Waals surface area (Å²) in [6.07, 6.45) is 3.50. The standard InChI is InChI=1S/C12H11IN2O2/c13-11(9-4-2-1-3-5-9)12(16)17-8-10-14-6-7-15-10/h1-7,11H,8H2,(H,14,15)/p+1. The van der Waals surface area contributed by atoms with Crippen molar-refractivity contribution in [3.05, 3.63) is 54.1 Å². The van der Waals surface area contributed by atoms with E-state index >= 15 is 0 Å². The summed E-state index contributed by atoms with van der Waals surface area (Å²) in [5.41, 5.74) is 0.952. The van der Waals surface area contributed by atoms with Crippen molar-refractivity contribution in [3.63, 3.8) is 0 Å². The Labute approximate surface area is 113 Å². The lowest BCUT2D eigenvalue weighted by atomic mass is 10.2. The van der Waals surface area contributed by atoms with E-state index < -0.39 is 0 Å². The van der Waals surface area contributed by atoms with Crippen LogP contribution in [0, 0.1) is 0 Å². The van der Waals surface area contributed by atoms with Crippen molar-refractivity contribution >= 4 is 28.6 Å². The van der Waals surface area contributed by atoms with E-state index in [4.69, 9.17) is 4.74 Å². The van der Waals surface area contributed by atoms with Crippen molar-refractivity contribution < 1.29 is 14.5 Å². The molecule has 0 aliphatic rings. The predicted molar refractivity (Wildman–Crippen MR) is 70.3 cm³/mol. The molecule has 0 spiro atoms. The van der Waals surface area contributed by atoms with Crippen molar-refractivity contribution in [1.29, 1.82) is 0 Å². The second-order valence-electron chi connectivity index (χ2n) is 3.48. The summed E-state index contributed by atoms with van der Waals surface area (Å²) < 4.78 is 4.92. The summed E-state index contributed by atoms with van der Waals surface area (Å²) in [6, 6.07) is 9.57. The van der Waals surface area contributed by atoms with Crippen LogP contribution in [0.15, 0.2) is 42.7 Å². The molecule has 0 amide bonds. The van der Waals surface area contributed by atoms with Crippen LogP contribution < -0.4 is 4.98 Å². The Morgan fingerprint density at radius 3 is 2.82 bits per heavy atom. The molecule has 0 radical (unpaired) electrons. The van der Waals surface area contributed by atoms with Crippen molar-refractivity contribution in [1.82, 2.24) is 4.98 Å². The number of benzene rings is 1. The molecule has 0 bridgehead atoms. The number of nitrogens with one attached hydrogen (secondary N) is 2. The first-order valence-corrected chi connectivity index (χ1v) is 6.41. The number of ether oxygens (including phenoxy) is 1. The summed E-state index contributed by atoms with van der Waals surface area (Å²) >= 11 is 2.08. The van der Waals surface area contributed by atoms with Gasteiger partial charge < -0.3 is 4.74 Å². The van der Waals surface area contributed by atoms with Crippen LogP contribution >= 0.6 is 22.6 Å². The number of esters is 1. The summed E-state index contributed by atoms with van der Waals surface area (Å²) in [5.74, 6) is 0.537. The highest BCUT2D eigenvalue weighted by Gasteiger charge is 2.19. The largest absolute Gasteiger partial charge is 0.452 e. The quantitative estimate of drug-likeness (QED) is 0.525. The van der Waals surface area contributed by atoms with Gasteiger partial charge in [0, 0.05) is 0 Å². The fourth-order valence-electron chi connectivity index (χ4n) is 1.38. The highest BCUT2D eigenvalue weighted by Crippen LogP contribution is 2.24. The Kier molecular flexibility index (Phi) is 4.13. The first-order valence-electron chi connectivity index (χ1n) is 5.17. The van der Waals surface area contributed by atoms with Crippen LogP contribution in [0.1, 0.15) is 15.3 Å². The maximum atomic E-state index is 11.8. The zero-order chi connectivity index (χ0) is 12.1. The first kappa shape index (κ1) is 12.1. The van der Waals surface area contributed by atoms with Gasteiger partial charge in [0.25, 0.3) is 5.82 Å². The minimum Gasteiger partial charge on any atom is -0.452 e. The lowest BCUT2D eigenvalue weighted by Crippen LogP contribution is -2.15. The number of aromatic nitrogens is 2. The molecule has 0 saturated heterocycles. The average molecular weight is 343 g/mol. The maximum Gasteiger partial charge on any atom is 0.324 e. The number of carbonyl (C=O) groups excluding carboxylic acids is 1. The second kappa shape index (κ2) is 5.81. The summed E-state index contributed by atoms with van der Waals surface area (Å²) in [7, 11) is 0. The SMILES string of the molecule is O=C(OCc1[nH]cc[nH+]1)C(I)c1ccccc1. The van der Waals surface area contributed by atoms with Crippen LogP contribution in [0.4, 0.5) is 0 Å². The molecule has 2 N–H and O–H groups in total. The highest BCUT2D eigenvalue weighted by molar-refractivity contribution is 14.1. The van der Waals surface area contributed by atoms with Crippen molar-refractivity contribution in [2.24, 2.45) is 0 Å². The Bertz CT molecular complexity index is 471. The molecule has 2 aromatic rings. The lowest BCUT2D eigenvalue weighted by Gasteiger charge is -2.08. The molecular formula is C12H12IN2O2+. The van der Waals surface area contributed by atoms with Crippen molar-refractivity contribution in [2.45, 2.75) is 10.5 Å². The van der Waals surface area contributed by atoms with Gasteiger partial charge in [0.05, 0.1) is 0 Å². The van der Waals surface area contributed by atoms with Gasteiger partial charge in [0.2, 0.25) is 0 Å². The highest BCUT2D eigenvalue weighted by atomic mass is 127. The van der Waals surface area contributed by atoms with Gasteiger partial charge in [-0.15, -0.1) is 0 Å². The van der Waals surface area contributed by atoms with Gasteiger partial charge in [-0.3, -0.25) is 4.79 Å². The third kappa shape index (κ3) is 3.29. The number of rotatable bonds is 4. The number of aromatic amines is 2. The van der Waals surface area contributed by atoms with Gasteiger partial charge in [-0.25, -0.2) is 9.97 Å². The molecule has 0 saturated carbocycles. The van der Waals surface area contributed by atoms with E-state index in [0.717, 1.165) is 11.4 Å². The third-order valence-corrected chi connectivity index (χ3v) is 3.48.